The van der Waals surface area contributed by atoms with Crippen LogP contribution in [0, 0.1) is 6.92 Å². The van der Waals surface area contributed by atoms with Gasteiger partial charge >= 0.3 is 6.03 Å². The number of rotatable bonds is 6. The number of amides is 3. The van der Waals surface area contributed by atoms with Crippen LogP contribution in [-0.4, -0.2) is 36.1 Å². The summed E-state index contributed by atoms with van der Waals surface area (Å²) in [5.41, 5.74) is 2.84. The molecule has 0 saturated carbocycles. The number of carbonyl (C=O) groups excluding carboxylic acids is 2. The van der Waals surface area contributed by atoms with Gasteiger partial charge in [-0.25, -0.2) is 9.78 Å². The third-order valence-electron chi connectivity index (χ3n) is 6.76. The Morgan fingerprint density at radius 1 is 1.14 bits per heavy atom. The van der Waals surface area contributed by atoms with Crippen LogP contribution in [0.15, 0.2) is 60.8 Å². The van der Waals surface area contributed by atoms with Crippen molar-refractivity contribution in [2.24, 2.45) is 0 Å². The number of aromatic nitrogens is 1. The van der Waals surface area contributed by atoms with Crippen LogP contribution in [0.1, 0.15) is 34.5 Å². The molecule has 2 aliphatic heterocycles. The van der Waals surface area contributed by atoms with Gasteiger partial charge in [-0.3, -0.25) is 9.69 Å². The van der Waals surface area contributed by atoms with Crippen LogP contribution in [0.3, 0.4) is 0 Å². The average molecular weight is 514 g/mol. The number of ether oxygens (including phenoxy) is 1. The van der Waals surface area contributed by atoms with Gasteiger partial charge in [0.05, 0.1) is 22.4 Å². The number of para-hydroxylation sites is 1. The molecule has 2 aromatic carbocycles. The maximum Gasteiger partial charge on any atom is 0.331 e. The molecule has 2 aromatic heterocycles. The minimum Gasteiger partial charge on any atom is -0.457 e. The number of hydrogen-bond acceptors (Lipinski definition) is 6. The zero-order chi connectivity index (χ0) is 25.4. The minimum absolute atomic E-state index is 0.191. The SMILES string of the molecule is Cc1cc(Oc2ccccc2)ccc1N1C(=O)Nc2c(C(=O)NCC3CCCCN3)sc3nccc1c23. The van der Waals surface area contributed by atoms with Crippen molar-refractivity contribution in [2.75, 3.05) is 23.3 Å². The summed E-state index contributed by atoms with van der Waals surface area (Å²) in [7, 11) is 0. The first kappa shape index (κ1) is 23.4. The van der Waals surface area contributed by atoms with E-state index in [1.54, 1.807) is 11.1 Å². The predicted octanol–water partition coefficient (Wildman–Crippen LogP) is 5.95. The lowest BCUT2D eigenvalue weighted by molar-refractivity contribution is 0.0952. The Morgan fingerprint density at radius 2 is 2.00 bits per heavy atom. The second-order valence-electron chi connectivity index (χ2n) is 9.30. The molecule has 4 heterocycles. The van der Waals surface area contributed by atoms with Crippen LogP contribution in [0.2, 0.25) is 0 Å². The zero-order valence-electron chi connectivity index (χ0n) is 20.4. The molecule has 3 N–H and O–H groups in total. The molecule has 6 rings (SSSR count). The van der Waals surface area contributed by atoms with Crippen LogP contribution < -0.4 is 25.6 Å². The van der Waals surface area contributed by atoms with Crippen molar-refractivity contribution in [2.45, 2.75) is 32.2 Å². The molecule has 1 atom stereocenters. The predicted molar refractivity (Wildman–Crippen MR) is 146 cm³/mol. The second kappa shape index (κ2) is 9.84. The highest BCUT2D eigenvalue weighted by molar-refractivity contribution is 7.21. The number of benzene rings is 2. The highest BCUT2D eigenvalue weighted by Crippen LogP contribution is 2.46. The van der Waals surface area contributed by atoms with Gasteiger partial charge in [-0.2, -0.15) is 0 Å². The molecular weight excluding hydrogens is 486 g/mol. The molecule has 8 nitrogen and oxygen atoms in total. The van der Waals surface area contributed by atoms with Crippen LogP contribution in [0.4, 0.5) is 21.9 Å². The first-order valence-electron chi connectivity index (χ1n) is 12.5. The Bertz CT molecular complexity index is 1480. The molecule has 2 aliphatic rings. The van der Waals surface area contributed by atoms with Gasteiger partial charge < -0.3 is 20.7 Å². The van der Waals surface area contributed by atoms with Gasteiger partial charge in [0.1, 0.15) is 21.2 Å². The first-order chi connectivity index (χ1) is 18.1. The third kappa shape index (κ3) is 4.52. The highest BCUT2D eigenvalue weighted by atomic mass is 32.1. The number of pyridine rings is 1. The van der Waals surface area contributed by atoms with Gasteiger partial charge in [-0.1, -0.05) is 24.6 Å². The Kier molecular flexibility index (Phi) is 6.23. The van der Waals surface area contributed by atoms with Crippen LogP contribution in [0.25, 0.3) is 10.2 Å². The largest absolute Gasteiger partial charge is 0.457 e. The van der Waals surface area contributed by atoms with Crippen molar-refractivity contribution < 1.29 is 14.3 Å². The number of aryl methyl sites for hydroxylation is 1. The van der Waals surface area contributed by atoms with Crippen molar-refractivity contribution in [3.05, 3.63) is 71.2 Å². The van der Waals surface area contributed by atoms with Gasteiger partial charge in [-0.15, -0.1) is 11.3 Å². The number of nitrogens with one attached hydrogen (secondary N) is 3. The van der Waals surface area contributed by atoms with Crippen molar-refractivity contribution >= 4 is 50.6 Å². The number of piperidine rings is 1. The minimum atomic E-state index is -0.318. The van der Waals surface area contributed by atoms with E-state index in [-0.39, 0.29) is 18.0 Å². The molecule has 9 heteroatoms. The Balaban J connectivity index is 1.30. The summed E-state index contributed by atoms with van der Waals surface area (Å²) in [4.78, 5) is 33.9. The lowest BCUT2D eigenvalue weighted by atomic mass is 10.1. The quantitative estimate of drug-likeness (QED) is 0.296. The first-order valence-corrected chi connectivity index (χ1v) is 13.3. The summed E-state index contributed by atoms with van der Waals surface area (Å²) in [6, 6.07) is 17.0. The van der Waals surface area contributed by atoms with Crippen molar-refractivity contribution in [1.29, 1.82) is 0 Å². The summed E-state index contributed by atoms with van der Waals surface area (Å²) in [5, 5.41) is 10.2. The summed E-state index contributed by atoms with van der Waals surface area (Å²) < 4.78 is 5.96. The van der Waals surface area contributed by atoms with Crippen molar-refractivity contribution in [1.82, 2.24) is 15.6 Å². The van der Waals surface area contributed by atoms with Crippen LogP contribution >= 0.6 is 11.3 Å². The van der Waals surface area contributed by atoms with E-state index in [9.17, 15) is 9.59 Å². The van der Waals surface area contributed by atoms with E-state index in [1.165, 1.54) is 24.2 Å². The van der Waals surface area contributed by atoms with E-state index < -0.39 is 0 Å². The maximum absolute atomic E-state index is 13.4. The molecule has 0 bridgehead atoms. The number of anilines is 3. The normalized spacial score (nSPS) is 16.9. The summed E-state index contributed by atoms with van der Waals surface area (Å²) in [5.74, 6) is 1.24. The van der Waals surface area contributed by atoms with E-state index in [4.69, 9.17) is 4.74 Å². The molecule has 0 radical (unpaired) electrons. The lowest BCUT2D eigenvalue weighted by Crippen LogP contribution is -2.43. The molecule has 3 amide bonds. The molecule has 188 valence electrons. The molecule has 1 fully saturated rings. The van der Waals surface area contributed by atoms with Crippen LogP contribution in [0.5, 0.6) is 11.5 Å². The van der Waals surface area contributed by atoms with E-state index in [0.29, 0.717) is 33.4 Å². The molecule has 0 aliphatic carbocycles. The fraction of sp³-hybridized carbons (Fsp3) is 0.250. The number of thiophene rings is 1. The fourth-order valence-electron chi connectivity index (χ4n) is 4.94. The van der Waals surface area contributed by atoms with Gasteiger partial charge in [0.15, 0.2) is 0 Å². The molecule has 4 aromatic rings. The van der Waals surface area contributed by atoms with Gasteiger partial charge in [0.2, 0.25) is 0 Å². The number of urea groups is 1. The Labute approximate surface area is 218 Å². The number of carbonyl (C=O) groups is 2. The smallest absolute Gasteiger partial charge is 0.331 e. The van der Waals surface area contributed by atoms with Crippen molar-refractivity contribution in [3.8, 4) is 11.5 Å². The van der Waals surface area contributed by atoms with E-state index in [1.807, 2.05) is 61.5 Å². The second-order valence-corrected chi connectivity index (χ2v) is 10.3. The van der Waals surface area contributed by atoms with Gasteiger partial charge in [-0.05, 0) is 68.3 Å². The molecule has 37 heavy (non-hydrogen) atoms. The molecule has 1 saturated heterocycles. The summed E-state index contributed by atoms with van der Waals surface area (Å²) in [6.07, 6.45) is 5.06. The lowest BCUT2D eigenvalue weighted by Gasteiger charge is -2.29. The summed E-state index contributed by atoms with van der Waals surface area (Å²) in [6.45, 7) is 3.48. The van der Waals surface area contributed by atoms with E-state index in [2.05, 4.69) is 20.9 Å². The number of nitrogens with zero attached hydrogens (tertiary/aromatic N) is 2. The summed E-state index contributed by atoms with van der Waals surface area (Å²) >= 11 is 1.30. The Morgan fingerprint density at radius 3 is 2.78 bits per heavy atom. The van der Waals surface area contributed by atoms with E-state index in [0.717, 1.165) is 35.4 Å². The van der Waals surface area contributed by atoms with E-state index >= 15 is 0 Å². The monoisotopic (exact) mass is 513 g/mol. The average Bonchev–Trinajstić information content (AvgIpc) is 3.29. The van der Waals surface area contributed by atoms with Gasteiger partial charge in [0.25, 0.3) is 5.91 Å². The molecule has 0 spiro atoms. The number of hydrogen-bond donors (Lipinski definition) is 3. The highest BCUT2D eigenvalue weighted by Gasteiger charge is 2.33. The molecule has 1 unspecified atom stereocenters. The van der Waals surface area contributed by atoms with Crippen LogP contribution in [-0.2, 0) is 0 Å². The van der Waals surface area contributed by atoms with Crippen molar-refractivity contribution in [3.63, 3.8) is 0 Å². The fourth-order valence-corrected chi connectivity index (χ4v) is 5.98. The third-order valence-corrected chi connectivity index (χ3v) is 7.86. The maximum atomic E-state index is 13.4. The standard InChI is InChI=1S/C28H27N5O3S/c1-17-15-20(36-19-8-3-2-4-9-19)10-11-21(17)33-22-12-14-30-27-23(22)24(32-28(33)35)25(37-27)26(34)31-16-18-7-5-6-13-29-18/h2-4,8-12,14-15,18,29H,5-7,13,16H2,1H3,(H,31,34)(H,32,35). The Hall–Kier alpha value is -3.95. The zero-order valence-corrected chi connectivity index (χ0v) is 21.2. The van der Waals surface area contributed by atoms with Gasteiger partial charge in [0, 0.05) is 18.8 Å². The topological polar surface area (TPSA) is 95.6 Å². The molecular formula is C28H27N5O3S.